The lowest BCUT2D eigenvalue weighted by Crippen LogP contribution is -2.53. The Morgan fingerprint density at radius 3 is 2.88 bits per heavy atom. The molecule has 2 aliphatic carbocycles. The van der Waals surface area contributed by atoms with Crippen LogP contribution in [0.5, 0.6) is 0 Å². The Kier molecular flexibility index (Phi) is 2.44. The Morgan fingerprint density at radius 1 is 1.38 bits per heavy atom. The summed E-state index contributed by atoms with van der Waals surface area (Å²) >= 11 is 0. The minimum Gasteiger partial charge on any atom is -0.391 e. The predicted molar refractivity (Wildman–Crippen MR) is 57.7 cm³/mol. The first-order valence-corrected chi connectivity index (χ1v) is 6.17. The summed E-state index contributed by atoms with van der Waals surface area (Å²) in [5.74, 6) is 1.63. The fourth-order valence-corrected chi connectivity index (χ4v) is 4.11. The third kappa shape index (κ3) is 1.39. The fourth-order valence-electron chi connectivity index (χ4n) is 4.11. The normalized spacial score (nSPS) is 45.1. The van der Waals surface area contributed by atoms with Gasteiger partial charge in [0.05, 0.1) is 12.1 Å². The summed E-state index contributed by atoms with van der Waals surface area (Å²) < 4.78 is 4.92. The molecule has 5 unspecified atom stereocenters. The molecule has 3 bridgehead atoms. The summed E-state index contributed by atoms with van der Waals surface area (Å²) in [7, 11) is 1.55. The van der Waals surface area contributed by atoms with E-state index in [-0.39, 0.29) is 24.7 Å². The number of likely N-dealkylation sites (tertiary alicyclic amines) is 1. The SMILES string of the molecule is COCC(=O)N1CC2CC3CC(C2)C1C3O. The highest BCUT2D eigenvalue weighted by molar-refractivity contribution is 5.78. The van der Waals surface area contributed by atoms with Crippen LogP contribution in [0, 0.1) is 17.8 Å². The number of piperidine rings is 1. The van der Waals surface area contributed by atoms with Crippen molar-refractivity contribution in [3.8, 4) is 0 Å². The number of aliphatic hydroxyl groups excluding tert-OH is 1. The summed E-state index contributed by atoms with van der Waals surface area (Å²) in [6.45, 7) is 0.976. The number of ether oxygens (including phenoxy) is 1. The molecule has 1 N–H and O–H groups in total. The van der Waals surface area contributed by atoms with Crippen LogP contribution in [-0.4, -0.2) is 48.3 Å². The molecule has 4 nitrogen and oxygen atoms in total. The zero-order valence-electron chi connectivity index (χ0n) is 9.63. The zero-order chi connectivity index (χ0) is 11.3. The summed E-state index contributed by atoms with van der Waals surface area (Å²) in [6, 6.07) is 0.0754. The second kappa shape index (κ2) is 3.70. The molecule has 1 aliphatic heterocycles. The average molecular weight is 225 g/mol. The van der Waals surface area contributed by atoms with E-state index in [1.165, 1.54) is 6.42 Å². The topological polar surface area (TPSA) is 49.8 Å². The fraction of sp³-hybridized carbons (Fsp3) is 0.917. The highest BCUT2D eigenvalue weighted by Gasteiger charge is 2.54. The standard InChI is InChI=1S/C12H19NO3/c1-16-6-10(14)13-5-7-2-8-4-9(3-7)12(15)11(8)13/h7-9,11-12,15H,2-6H2,1H3. The quantitative estimate of drug-likeness (QED) is 0.733. The third-order valence-electron chi connectivity index (χ3n) is 4.60. The molecule has 1 amide bonds. The summed E-state index contributed by atoms with van der Waals surface area (Å²) in [5, 5.41) is 10.2. The van der Waals surface area contributed by atoms with Crippen molar-refractivity contribution < 1.29 is 14.6 Å². The molecule has 5 atom stereocenters. The van der Waals surface area contributed by atoms with Gasteiger partial charge in [0.15, 0.2) is 0 Å². The number of amides is 1. The second-order valence-corrected chi connectivity index (χ2v) is 5.55. The third-order valence-corrected chi connectivity index (χ3v) is 4.60. The van der Waals surface area contributed by atoms with Crippen molar-refractivity contribution in [2.24, 2.45) is 17.8 Å². The van der Waals surface area contributed by atoms with Gasteiger partial charge in [0.25, 0.3) is 0 Å². The van der Waals surface area contributed by atoms with Gasteiger partial charge in [0.2, 0.25) is 5.91 Å². The highest BCUT2D eigenvalue weighted by atomic mass is 16.5. The average Bonchev–Trinajstić information content (AvgIpc) is 2.41. The van der Waals surface area contributed by atoms with Gasteiger partial charge in [-0.05, 0) is 37.0 Å². The molecule has 1 heterocycles. The summed E-state index contributed by atoms with van der Waals surface area (Å²) in [4.78, 5) is 13.8. The molecule has 0 spiro atoms. The van der Waals surface area contributed by atoms with E-state index in [9.17, 15) is 9.90 Å². The maximum atomic E-state index is 11.9. The number of carbonyl (C=O) groups is 1. The smallest absolute Gasteiger partial charge is 0.248 e. The lowest BCUT2D eigenvalue weighted by atomic mass is 9.78. The van der Waals surface area contributed by atoms with Crippen LogP contribution in [0.15, 0.2) is 0 Å². The monoisotopic (exact) mass is 225 g/mol. The molecule has 3 fully saturated rings. The van der Waals surface area contributed by atoms with Gasteiger partial charge < -0.3 is 14.7 Å². The van der Waals surface area contributed by atoms with E-state index in [1.54, 1.807) is 7.11 Å². The molecule has 3 rings (SSSR count). The number of nitrogens with zero attached hydrogens (tertiary/aromatic N) is 1. The van der Waals surface area contributed by atoms with E-state index >= 15 is 0 Å². The Labute approximate surface area is 95.6 Å². The van der Waals surface area contributed by atoms with Crippen LogP contribution in [0.2, 0.25) is 0 Å². The first-order chi connectivity index (χ1) is 7.70. The van der Waals surface area contributed by atoms with E-state index in [4.69, 9.17) is 4.74 Å². The Bertz CT molecular complexity index is 303. The minimum atomic E-state index is -0.293. The summed E-state index contributed by atoms with van der Waals surface area (Å²) in [5.41, 5.74) is 0. The minimum absolute atomic E-state index is 0.0452. The molecule has 2 saturated carbocycles. The molecule has 4 heteroatoms. The molecule has 3 aliphatic rings. The van der Waals surface area contributed by atoms with E-state index in [1.807, 2.05) is 4.90 Å². The van der Waals surface area contributed by atoms with Crippen molar-refractivity contribution >= 4 is 5.91 Å². The van der Waals surface area contributed by atoms with E-state index < -0.39 is 0 Å². The van der Waals surface area contributed by atoms with E-state index in [2.05, 4.69) is 0 Å². The number of methoxy groups -OCH3 is 1. The molecular formula is C12H19NO3. The number of fused-ring (bicyclic) bond motifs is 2. The van der Waals surface area contributed by atoms with E-state index in [0.717, 1.165) is 19.4 Å². The van der Waals surface area contributed by atoms with Crippen molar-refractivity contribution in [2.75, 3.05) is 20.3 Å². The van der Waals surface area contributed by atoms with Gasteiger partial charge in [-0.15, -0.1) is 0 Å². The van der Waals surface area contributed by atoms with E-state index in [0.29, 0.717) is 17.8 Å². The lowest BCUT2D eigenvalue weighted by molar-refractivity contribution is -0.143. The molecule has 90 valence electrons. The predicted octanol–water partition coefficient (Wildman–Crippen LogP) is 0.251. The molecule has 0 aromatic heterocycles. The van der Waals surface area contributed by atoms with Crippen molar-refractivity contribution in [1.82, 2.24) is 4.90 Å². The number of hydrogen-bond acceptors (Lipinski definition) is 3. The van der Waals surface area contributed by atoms with Gasteiger partial charge in [0, 0.05) is 13.7 Å². The largest absolute Gasteiger partial charge is 0.391 e. The van der Waals surface area contributed by atoms with Gasteiger partial charge >= 0.3 is 0 Å². The number of aliphatic hydroxyl groups is 1. The first kappa shape index (κ1) is 10.5. The summed E-state index contributed by atoms with van der Waals surface area (Å²) in [6.07, 6.45) is 3.12. The van der Waals surface area contributed by atoms with Crippen LogP contribution in [0.1, 0.15) is 19.3 Å². The molecule has 0 radical (unpaired) electrons. The number of carbonyl (C=O) groups excluding carboxylic acids is 1. The van der Waals surface area contributed by atoms with Crippen molar-refractivity contribution in [3.63, 3.8) is 0 Å². The molecule has 0 aromatic carbocycles. The molecule has 16 heavy (non-hydrogen) atoms. The maximum absolute atomic E-state index is 11.9. The molecule has 0 aromatic rings. The van der Waals surface area contributed by atoms with Gasteiger partial charge in [-0.1, -0.05) is 0 Å². The van der Waals surface area contributed by atoms with Gasteiger partial charge in [-0.2, -0.15) is 0 Å². The van der Waals surface area contributed by atoms with Crippen molar-refractivity contribution in [3.05, 3.63) is 0 Å². The lowest BCUT2D eigenvalue weighted by Gasteiger charge is -2.42. The van der Waals surface area contributed by atoms with Crippen molar-refractivity contribution in [2.45, 2.75) is 31.4 Å². The Hall–Kier alpha value is -0.610. The van der Waals surface area contributed by atoms with Crippen LogP contribution in [0.4, 0.5) is 0 Å². The molecular weight excluding hydrogens is 206 g/mol. The maximum Gasteiger partial charge on any atom is 0.248 e. The zero-order valence-corrected chi connectivity index (χ0v) is 9.63. The first-order valence-electron chi connectivity index (χ1n) is 6.17. The van der Waals surface area contributed by atoms with Gasteiger partial charge in [-0.25, -0.2) is 0 Å². The molecule has 1 saturated heterocycles. The van der Waals surface area contributed by atoms with Gasteiger partial charge in [0.1, 0.15) is 6.61 Å². The Morgan fingerprint density at radius 2 is 2.12 bits per heavy atom. The highest BCUT2D eigenvalue weighted by Crippen LogP contribution is 2.50. The number of hydrogen-bond donors (Lipinski definition) is 1. The van der Waals surface area contributed by atoms with Crippen LogP contribution < -0.4 is 0 Å². The van der Waals surface area contributed by atoms with Crippen LogP contribution in [0.25, 0.3) is 0 Å². The second-order valence-electron chi connectivity index (χ2n) is 5.55. The number of rotatable bonds is 2. The van der Waals surface area contributed by atoms with Crippen LogP contribution in [0.3, 0.4) is 0 Å². The van der Waals surface area contributed by atoms with Gasteiger partial charge in [-0.3, -0.25) is 4.79 Å². The Balaban J connectivity index is 1.83. The van der Waals surface area contributed by atoms with Crippen LogP contribution >= 0.6 is 0 Å². The van der Waals surface area contributed by atoms with Crippen LogP contribution in [-0.2, 0) is 9.53 Å². The van der Waals surface area contributed by atoms with Crippen molar-refractivity contribution in [1.29, 1.82) is 0 Å².